The first-order valence-electron chi connectivity index (χ1n) is 8.75. The number of amides is 2. The molecule has 2 saturated heterocycles. The summed E-state index contributed by atoms with van der Waals surface area (Å²) in [5.74, 6) is 1.51. The Morgan fingerprint density at radius 2 is 2.08 bits per heavy atom. The SMILES string of the molecule is CSCc1noc(CNC(=O)[C@@H]2CNC[C@H](C(=O)N3CCCC3)C2)n1. The van der Waals surface area contributed by atoms with Gasteiger partial charge in [0.25, 0.3) is 0 Å². The van der Waals surface area contributed by atoms with Crippen LogP contribution in [0.4, 0.5) is 0 Å². The van der Waals surface area contributed by atoms with Crippen molar-refractivity contribution in [3.8, 4) is 0 Å². The molecule has 0 saturated carbocycles. The zero-order valence-corrected chi connectivity index (χ0v) is 15.3. The van der Waals surface area contributed by atoms with Crippen LogP contribution in [-0.4, -0.2) is 59.3 Å². The maximum Gasteiger partial charge on any atom is 0.246 e. The number of aromatic nitrogens is 2. The normalized spacial score (nSPS) is 23.6. The Bertz CT molecular complexity index is 602. The van der Waals surface area contributed by atoms with Gasteiger partial charge in [0, 0.05) is 26.2 Å². The summed E-state index contributed by atoms with van der Waals surface area (Å²) in [6.07, 6.45) is 4.72. The molecular formula is C16H25N5O3S. The molecular weight excluding hydrogens is 342 g/mol. The van der Waals surface area contributed by atoms with E-state index in [0.29, 0.717) is 37.0 Å². The topological polar surface area (TPSA) is 100 Å². The van der Waals surface area contributed by atoms with Crippen LogP contribution in [0, 0.1) is 11.8 Å². The number of rotatable bonds is 6. The van der Waals surface area contributed by atoms with Gasteiger partial charge in [0.15, 0.2) is 5.82 Å². The number of piperidine rings is 1. The van der Waals surface area contributed by atoms with E-state index >= 15 is 0 Å². The van der Waals surface area contributed by atoms with Gasteiger partial charge in [0.05, 0.1) is 24.1 Å². The number of nitrogens with one attached hydrogen (secondary N) is 2. The molecule has 2 atom stereocenters. The molecule has 25 heavy (non-hydrogen) atoms. The van der Waals surface area contributed by atoms with Gasteiger partial charge in [-0.05, 0) is 25.5 Å². The molecule has 0 bridgehead atoms. The highest BCUT2D eigenvalue weighted by Crippen LogP contribution is 2.21. The summed E-state index contributed by atoms with van der Waals surface area (Å²) in [7, 11) is 0. The summed E-state index contributed by atoms with van der Waals surface area (Å²) in [4.78, 5) is 31.1. The molecule has 2 aliphatic heterocycles. The van der Waals surface area contributed by atoms with Crippen LogP contribution in [0.3, 0.4) is 0 Å². The Morgan fingerprint density at radius 1 is 1.32 bits per heavy atom. The molecule has 2 fully saturated rings. The lowest BCUT2D eigenvalue weighted by atomic mass is 9.89. The molecule has 1 aromatic heterocycles. The van der Waals surface area contributed by atoms with E-state index in [0.717, 1.165) is 25.9 Å². The minimum Gasteiger partial charge on any atom is -0.347 e. The van der Waals surface area contributed by atoms with Gasteiger partial charge in [-0.3, -0.25) is 9.59 Å². The number of carbonyl (C=O) groups is 2. The minimum absolute atomic E-state index is 0.0731. The van der Waals surface area contributed by atoms with Crippen LogP contribution in [0.15, 0.2) is 4.52 Å². The fourth-order valence-corrected chi connectivity index (χ4v) is 3.76. The second-order valence-electron chi connectivity index (χ2n) is 6.58. The quantitative estimate of drug-likeness (QED) is 0.750. The van der Waals surface area contributed by atoms with Gasteiger partial charge in [0.2, 0.25) is 17.7 Å². The third kappa shape index (κ3) is 4.72. The average Bonchev–Trinajstić information content (AvgIpc) is 3.31. The standard InChI is InChI=1S/C16H25N5O3S/c1-25-10-13-19-14(24-20-13)9-18-15(22)11-6-12(8-17-7-11)16(23)21-4-2-3-5-21/h11-12,17H,2-10H2,1H3,(H,18,22)/t11-,12+/m0/s1. The number of thioether (sulfide) groups is 1. The minimum atomic E-state index is -0.209. The molecule has 0 aliphatic carbocycles. The zero-order valence-electron chi connectivity index (χ0n) is 14.5. The summed E-state index contributed by atoms with van der Waals surface area (Å²) in [6.45, 7) is 3.17. The Hall–Kier alpha value is -1.61. The number of likely N-dealkylation sites (tertiary alicyclic amines) is 1. The molecule has 1 aromatic rings. The smallest absolute Gasteiger partial charge is 0.246 e. The van der Waals surface area contributed by atoms with E-state index in [1.54, 1.807) is 11.8 Å². The molecule has 0 unspecified atom stereocenters. The summed E-state index contributed by atoms with van der Waals surface area (Å²) >= 11 is 1.61. The van der Waals surface area contributed by atoms with Crippen LogP contribution in [0.1, 0.15) is 31.0 Å². The van der Waals surface area contributed by atoms with Crippen molar-refractivity contribution in [2.45, 2.75) is 31.6 Å². The van der Waals surface area contributed by atoms with Crippen LogP contribution in [0.2, 0.25) is 0 Å². The van der Waals surface area contributed by atoms with Crippen molar-refractivity contribution in [2.24, 2.45) is 11.8 Å². The zero-order chi connectivity index (χ0) is 17.6. The van der Waals surface area contributed by atoms with Crippen LogP contribution in [0.25, 0.3) is 0 Å². The van der Waals surface area contributed by atoms with Gasteiger partial charge >= 0.3 is 0 Å². The van der Waals surface area contributed by atoms with Crippen molar-refractivity contribution in [3.63, 3.8) is 0 Å². The van der Waals surface area contributed by atoms with Gasteiger partial charge < -0.3 is 20.1 Å². The van der Waals surface area contributed by atoms with Crippen molar-refractivity contribution in [3.05, 3.63) is 11.7 Å². The molecule has 8 nitrogen and oxygen atoms in total. The Balaban J connectivity index is 1.48. The van der Waals surface area contributed by atoms with Crippen LogP contribution >= 0.6 is 11.8 Å². The fourth-order valence-electron chi connectivity index (χ4n) is 3.38. The molecule has 0 radical (unpaired) electrons. The number of nitrogens with zero attached hydrogens (tertiary/aromatic N) is 3. The van der Waals surface area contributed by atoms with Crippen molar-refractivity contribution in [2.75, 3.05) is 32.4 Å². The third-order valence-electron chi connectivity index (χ3n) is 4.69. The average molecular weight is 367 g/mol. The monoisotopic (exact) mass is 367 g/mol. The van der Waals surface area contributed by atoms with E-state index in [1.165, 1.54) is 0 Å². The largest absolute Gasteiger partial charge is 0.347 e. The van der Waals surface area contributed by atoms with Gasteiger partial charge in [0.1, 0.15) is 0 Å². The molecule has 9 heteroatoms. The number of hydrogen-bond donors (Lipinski definition) is 2. The summed E-state index contributed by atoms with van der Waals surface area (Å²) in [5.41, 5.74) is 0. The maximum absolute atomic E-state index is 12.5. The fraction of sp³-hybridized carbons (Fsp3) is 0.750. The molecule has 138 valence electrons. The molecule has 3 heterocycles. The lowest BCUT2D eigenvalue weighted by Gasteiger charge is -2.31. The number of carbonyl (C=O) groups excluding carboxylic acids is 2. The Morgan fingerprint density at radius 3 is 2.84 bits per heavy atom. The maximum atomic E-state index is 12.5. The first kappa shape index (κ1) is 18.2. The molecule has 3 rings (SSSR count). The number of hydrogen-bond acceptors (Lipinski definition) is 7. The van der Waals surface area contributed by atoms with E-state index in [2.05, 4.69) is 20.8 Å². The summed E-state index contributed by atoms with van der Waals surface area (Å²) in [6, 6.07) is 0. The molecule has 2 aliphatic rings. The first-order valence-corrected chi connectivity index (χ1v) is 10.1. The van der Waals surface area contributed by atoms with E-state index < -0.39 is 0 Å². The highest BCUT2D eigenvalue weighted by molar-refractivity contribution is 7.97. The molecule has 0 spiro atoms. The van der Waals surface area contributed by atoms with Crippen LogP contribution < -0.4 is 10.6 Å². The highest BCUT2D eigenvalue weighted by atomic mass is 32.2. The van der Waals surface area contributed by atoms with Crippen LogP contribution in [0.5, 0.6) is 0 Å². The Kier molecular flexibility index (Phi) is 6.30. The lowest BCUT2D eigenvalue weighted by molar-refractivity contribution is -0.136. The van der Waals surface area contributed by atoms with Crippen LogP contribution in [-0.2, 0) is 21.9 Å². The highest BCUT2D eigenvalue weighted by Gasteiger charge is 2.34. The van der Waals surface area contributed by atoms with Crippen molar-refractivity contribution in [1.29, 1.82) is 0 Å². The van der Waals surface area contributed by atoms with E-state index in [1.807, 2.05) is 11.2 Å². The summed E-state index contributed by atoms with van der Waals surface area (Å²) in [5, 5.41) is 9.93. The lowest BCUT2D eigenvalue weighted by Crippen LogP contribution is -2.48. The third-order valence-corrected chi connectivity index (χ3v) is 5.23. The van der Waals surface area contributed by atoms with Crippen molar-refractivity contribution < 1.29 is 14.1 Å². The predicted octanol–water partition coefficient (Wildman–Crippen LogP) is 0.397. The second-order valence-corrected chi connectivity index (χ2v) is 7.44. The van der Waals surface area contributed by atoms with Gasteiger partial charge in [-0.25, -0.2) is 0 Å². The van der Waals surface area contributed by atoms with Gasteiger partial charge in [-0.1, -0.05) is 5.16 Å². The van der Waals surface area contributed by atoms with Gasteiger partial charge in [-0.15, -0.1) is 0 Å². The summed E-state index contributed by atoms with van der Waals surface area (Å²) < 4.78 is 5.12. The van der Waals surface area contributed by atoms with Crippen molar-refractivity contribution in [1.82, 2.24) is 25.7 Å². The molecule has 2 amide bonds. The van der Waals surface area contributed by atoms with E-state index in [-0.39, 0.29) is 30.2 Å². The van der Waals surface area contributed by atoms with E-state index in [4.69, 9.17) is 4.52 Å². The molecule has 0 aromatic carbocycles. The van der Waals surface area contributed by atoms with Crippen molar-refractivity contribution >= 4 is 23.6 Å². The Labute approximate surface area is 151 Å². The first-order chi connectivity index (χ1) is 12.2. The van der Waals surface area contributed by atoms with E-state index in [9.17, 15) is 9.59 Å². The molecule has 2 N–H and O–H groups in total. The second kappa shape index (κ2) is 8.66. The predicted molar refractivity (Wildman–Crippen MR) is 93.6 cm³/mol. The van der Waals surface area contributed by atoms with Gasteiger partial charge in [-0.2, -0.15) is 16.7 Å².